The molecule has 1 saturated heterocycles. The Morgan fingerprint density at radius 2 is 1.88 bits per heavy atom. The van der Waals surface area contributed by atoms with Gasteiger partial charge in [-0.2, -0.15) is 0 Å². The van der Waals surface area contributed by atoms with Crippen LogP contribution >= 0.6 is 0 Å². The van der Waals surface area contributed by atoms with Gasteiger partial charge in [-0.05, 0) is 12.8 Å². The van der Waals surface area contributed by atoms with E-state index in [1.54, 1.807) is 0 Å². The number of carboxylic acid groups (broad SMARTS) is 1. The number of ether oxygens (including phenoxy) is 1. The van der Waals surface area contributed by atoms with Gasteiger partial charge in [0.2, 0.25) is 11.8 Å². The third-order valence-electron chi connectivity index (χ3n) is 2.49. The van der Waals surface area contributed by atoms with Gasteiger partial charge in [0.1, 0.15) is 0 Å². The third kappa shape index (κ3) is 2.79. The van der Waals surface area contributed by atoms with Gasteiger partial charge in [0.25, 0.3) is 0 Å². The molecule has 1 aliphatic heterocycles. The van der Waals surface area contributed by atoms with Crippen molar-refractivity contribution in [3.05, 3.63) is 0 Å². The lowest BCUT2D eigenvalue weighted by atomic mass is 10.2. The van der Waals surface area contributed by atoms with Crippen LogP contribution in [0, 0.1) is 0 Å². The second-order valence-corrected chi connectivity index (χ2v) is 3.67. The molecule has 0 aromatic rings. The quantitative estimate of drug-likeness (QED) is 0.687. The Labute approximate surface area is 93.2 Å². The van der Waals surface area contributed by atoms with Crippen LogP contribution in [-0.2, 0) is 19.1 Å². The van der Waals surface area contributed by atoms with Gasteiger partial charge >= 0.3 is 5.97 Å². The molecule has 2 amide bonds. The van der Waals surface area contributed by atoms with Gasteiger partial charge in [0.05, 0.1) is 6.61 Å². The molecule has 0 saturated carbocycles. The molecule has 16 heavy (non-hydrogen) atoms. The fraction of sp³-hybridized carbons (Fsp3) is 0.700. The van der Waals surface area contributed by atoms with Crippen LogP contribution in [-0.4, -0.2) is 47.5 Å². The van der Waals surface area contributed by atoms with Gasteiger partial charge in [-0.1, -0.05) is 0 Å². The number of amides is 2. The molecular weight excluding hydrogens is 214 g/mol. The molecule has 6 nitrogen and oxygen atoms in total. The summed E-state index contributed by atoms with van der Waals surface area (Å²) in [7, 11) is 1.34. The molecule has 6 heteroatoms. The molecule has 0 spiro atoms. The van der Waals surface area contributed by atoms with E-state index in [4.69, 9.17) is 9.84 Å². The number of nitrogens with zero attached hydrogens (tertiary/aromatic N) is 1. The Bertz CT molecular complexity index is 284. The number of carbonyl (C=O) groups excluding carboxylic acids is 2. The lowest BCUT2D eigenvalue weighted by Gasteiger charge is -2.25. The van der Waals surface area contributed by atoms with Crippen LogP contribution in [0.4, 0.5) is 0 Å². The highest BCUT2D eigenvalue weighted by molar-refractivity contribution is 5.99. The Morgan fingerprint density at radius 1 is 1.38 bits per heavy atom. The molecule has 0 radical (unpaired) electrons. The predicted molar refractivity (Wildman–Crippen MR) is 53.6 cm³/mol. The zero-order valence-corrected chi connectivity index (χ0v) is 9.14. The molecular formula is C10H15NO5. The van der Waals surface area contributed by atoms with Crippen molar-refractivity contribution < 1.29 is 24.2 Å². The molecule has 1 atom stereocenters. The van der Waals surface area contributed by atoms with Crippen molar-refractivity contribution in [2.45, 2.75) is 31.7 Å². The summed E-state index contributed by atoms with van der Waals surface area (Å²) in [6.07, 6.45) is 1.69. The largest absolute Gasteiger partial charge is 0.480 e. The summed E-state index contributed by atoms with van der Waals surface area (Å²) in [5.41, 5.74) is 0. The number of likely N-dealkylation sites (tertiary alicyclic amines) is 1. The summed E-state index contributed by atoms with van der Waals surface area (Å²) < 4.78 is 4.73. The smallest absolute Gasteiger partial charge is 0.329 e. The minimum Gasteiger partial charge on any atom is -0.480 e. The van der Waals surface area contributed by atoms with E-state index >= 15 is 0 Å². The van der Waals surface area contributed by atoms with Crippen LogP contribution < -0.4 is 0 Å². The van der Waals surface area contributed by atoms with Gasteiger partial charge in [-0.25, -0.2) is 4.79 Å². The summed E-state index contributed by atoms with van der Waals surface area (Å²) in [6, 6.07) is -1.21. The van der Waals surface area contributed by atoms with Crippen LogP contribution in [0.1, 0.15) is 25.7 Å². The van der Waals surface area contributed by atoms with E-state index < -0.39 is 23.8 Å². The fourth-order valence-electron chi connectivity index (χ4n) is 1.69. The lowest BCUT2D eigenvalue weighted by molar-refractivity contribution is -0.159. The summed E-state index contributed by atoms with van der Waals surface area (Å²) in [5.74, 6) is -2.07. The topological polar surface area (TPSA) is 83.9 Å². The maximum atomic E-state index is 11.6. The number of imide groups is 1. The van der Waals surface area contributed by atoms with E-state index in [9.17, 15) is 14.4 Å². The number of methoxy groups -OCH3 is 1. The summed E-state index contributed by atoms with van der Waals surface area (Å²) in [5, 5.41) is 8.96. The molecule has 1 unspecified atom stereocenters. The van der Waals surface area contributed by atoms with Crippen molar-refractivity contribution in [2.75, 3.05) is 13.7 Å². The van der Waals surface area contributed by atoms with Gasteiger partial charge < -0.3 is 9.84 Å². The molecule has 1 aliphatic rings. The molecule has 1 N–H and O–H groups in total. The predicted octanol–water partition coefficient (Wildman–Crippen LogP) is 0.0152. The Morgan fingerprint density at radius 3 is 2.25 bits per heavy atom. The highest BCUT2D eigenvalue weighted by atomic mass is 16.5. The SMILES string of the molecule is COCC(C(=O)O)N1C(=O)CCCCC1=O. The molecule has 0 aromatic heterocycles. The van der Waals surface area contributed by atoms with Gasteiger partial charge in [-0.15, -0.1) is 0 Å². The van der Waals surface area contributed by atoms with E-state index in [-0.39, 0.29) is 19.4 Å². The number of carboxylic acids is 1. The molecule has 1 rings (SSSR count). The number of hydrogen-bond acceptors (Lipinski definition) is 4. The van der Waals surface area contributed by atoms with E-state index in [0.29, 0.717) is 12.8 Å². The highest BCUT2D eigenvalue weighted by Crippen LogP contribution is 2.15. The summed E-state index contributed by atoms with van der Waals surface area (Å²) >= 11 is 0. The lowest BCUT2D eigenvalue weighted by Crippen LogP contribution is -2.50. The first-order valence-corrected chi connectivity index (χ1v) is 5.14. The van der Waals surface area contributed by atoms with Crippen molar-refractivity contribution in [1.82, 2.24) is 4.90 Å². The Kier molecular flexibility index (Phi) is 4.42. The molecule has 0 aromatic carbocycles. The highest BCUT2D eigenvalue weighted by Gasteiger charge is 2.35. The molecule has 1 heterocycles. The fourth-order valence-corrected chi connectivity index (χ4v) is 1.69. The van der Waals surface area contributed by atoms with Crippen molar-refractivity contribution in [3.8, 4) is 0 Å². The average molecular weight is 229 g/mol. The molecule has 0 bridgehead atoms. The van der Waals surface area contributed by atoms with Gasteiger partial charge in [0, 0.05) is 20.0 Å². The van der Waals surface area contributed by atoms with Crippen LogP contribution in [0.3, 0.4) is 0 Å². The first-order valence-electron chi connectivity index (χ1n) is 5.14. The van der Waals surface area contributed by atoms with Gasteiger partial charge in [-0.3, -0.25) is 14.5 Å². The Hall–Kier alpha value is -1.43. The number of rotatable bonds is 4. The van der Waals surface area contributed by atoms with Crippen molar-refractivity contribution in [3.63, 3.8) is 0 Å². The Balaban J connectivity index is 2.89. The van der Waals surface area contributed by atoms with E-state index in [0.717, 1.165) is 4.90 Å². The van der Waals surface area contributed by atoms with Crippen molar-refractivity contribution in [2.24, 2.45) is 0 Å². The normalized spacial score (nSPS) is 19.4. The first kappa shape index (κ1) is 12.6. The minimum atomic E-state index is -1.22. The molecule has 0 aliphatic carbocycles. The molecule has 90 valence electrons. The third-order valence-corrected chi connectivity index (χ3v) is 2.49. The van der Waals surface area contributed by atoms with Crippen LogP contribution in [0.5, 0.6) is 0 Å². The number of hydrogen-bond donors (Lipinski definition) is 1. The van der Waals surface area contributed by atoms with Crippen LogP contribution in [0.25, 0.3) is 0 Å². The second-order valence-electron chi connectivity index (χ2n) is 3.67. The summed E-state index contributed by atoms with van der Waals surface area (Å²) in [6.45, 7) is -0.174. The van der Waals surface area contributed by atoms with Crippen LogP contribution in [0.15, 0.2) is 0 Å². The monoisotopic (exact) mass is 229 g/mol. The zero-order chi connectivity index (χ0) is 12.1. The second kappa shape index (κ2) is 5.60. The van der Waals surface area contributed by atoms with Gasteiger partial charge in [0.15, 0.2) is 6.04 Å². The maximum Gasteiger partial charge on any atom is 0.329 e. The average Bonchev–Trinajstić information content (AvgIpc) is 2.37. The van der Waals surface area contributed by atoms with E-state index in [2.05, 4.69) is 0 Å². The number of aliphatic carboxylic acids is 1. The van der Waals surface area contributed by atoms with Crippen molar-refractivity contribution in [1.29, 1.82) is 0 Å². The van der Waals surface area contributed by atoms with Crippen molar-refractivity contribution >= 4 is 17.8 Å². The minimum absolute atomic E-state index is 0.174. The standard InChI is InChI=1S/C10H15NO5/c1-16-6-7(10(14)15)11-8(12)4-2-3-5-9(11)13/h7H,2-6H2,1H3,(H,14,15). The maximum absolute atomic E-state index is 11.6. The van der Waals surface area contributed by atoms with E-state index in [1.165, 1.54) is 7.11 Å². The molecule has 1 fully saturated rings. The number of carbonyl (C=O) groups is 3. The first-order chi connectivity index (χ1) is 7.57. The summed E-state index contributed by atoms with van der Waals surface area (Å²) in [4.78, 5) is 35.1. The van der Waals surface area contributed by atoms with E-state index in [1.807, 2.05) is 0 Å². The zero-order valence-electron chi connectivity index (χ0n) is 9.14. The van der Waals surface area contributed by atoms with Crippen LogP contribution in [0.2, 0.25) is 0 Å².